The molecule has 0 aliphatic rings. The highest BCUT2D eigenvalue weighted by molar-refractivity contribution is 7.14. The van der Waals surface area contributed by atoms with Crippen LogP contribution in [0.3, 0.4) is 0 Å². The number of hydrogen-bond acceptors (Lipinski definition) is 6. The van der Waals surface area contributed by atoms with Gasteiger partial charge in [-0.05, 0) is 48.3 Å². The summed E-state index contributed by atoms with van der Waals surface area (Å²) in [6.45, 7) is 1.67. The number of nitrogens with zero attached hydrogens (tertiary/aromatic N) is 3. The molecule has 5 aromatic rings. The molecule has 0 amide bonds. The smallest absolute Gasteiger partial charge is 0.357 e. The molecule has 0 bridgehead atoms. The van der Waals surface area contributed by atoms with E-state index in [0.717, 1.165) is 16.9 Å². The van der Waals surface area contributed by atoms with Crippen LogP contribution >= 0.6 is 11.5 Å². The molecule has 0 fully saturated rings. The van der Waals surface area contributed by atoms with Crippen molar-refractivity contribution in [3.63, 3.8) is 0 Å². The van der Waals surface area contributed by atoms with E-state index in [4.69, 9.17) is 0 Å². The maximum absolute atomic E-state index is 14.1. The van der Waals surface area contributed by atoms with E-state index in [1.165, 1.54) is 6.07 Å². The summed E-state index contributed by atoms with van der Waals surface area (Å²) >= 11 is 1.03. The Kier molecular flexibility index (Phi) is 5.13. The zero-order valence-electron chi connectivity index (χ0n) is 17.7. The van der Waals surface area contributed by atoms with Gasteiger partial charge >= 0.3 is 6.18 Å². The maximum atomic E-state index is 14.1. The molecule has 0 aliphatic heterocycles. The zero-order valence-corrected chi connectivity index (χ0v) is 18.5. The van der Waals surface area contributed by atoms with Crippen molar-refractivity contribution in [2.75, 3.05) is 17.7 Å². The second-order valence-corrected chi connectivity index (χ2v) is 8.28. The van der Waals surface area contributed by atoms with E-state index in [9.17, 15) is 13.2 Å². The Morgan fingerprint density at radius 3 is 2.39 bits per heavy atom. The topological polar surface area (TPSA) is 62.7 Å². The average Bonchev–Trinajstić information content (AvgIpc) is 3.21. The monoisotopic (exact) mass is 465 g/mol. The summed E-state index contributed by atoms with van der Waals surface area (Å²) in [6, 6.07) is 17.7. The molecule has 0 unspecified atom stereocenters. The number of halogens is 3. The predicted molar refractivity (Wildman–Crippen MR) is 127 cm³/mol. The van der Waals surface area contributed by atoms with E-state index in [1.54, 1.807) is 26.1 Å². The van der Waals surface area contributed by atoms with Crippen LogP contribution in [0.4, 0.5) is 30.6 Å². The number of hydrogen-bond donors (Lipinski definition) is 2. The van der Waals surface area contributed by atoms with Crippen LogP contribution in [-0.4, -0.2) is 21.4 Å². The van der Waals surface area contributed by atoms with Crippen molar-refractivity contribution in [1.82, 2.24) is 14.3 Å². The van der Waals surface area contributed by atoms with Gasteiger partial charge in [-0.25, -0.2) is 9.97 Å². The molecule has 5 rings (SSSR count). The molecule has 2 N–H and O–H groups in total. The van der Waals surface area contributed by atoms with Gasteiger partial charge < -0.3 is 10.6 Å². The molecule has 0 radical (unpaired) electrons. The minimum Gasteiger partial charge on any atom is -0.357 e. The molecule has 0 atom stereocenters. The zero-order chi connectivity index (χ0) is 23.2. The first-order valence-corrected chi connectivity index (χ1v) is 10.9. The van der Waals surface area contributed by atoms with Crippen LogP contribution in [0.1, 0.15) is 11.1 Å². The van der Waals surface area contributed by atoms with Gasteiger partial charge in [0.05, 0.1) is 21.5 Å². The van der Waals surface area contributed by atoms with Crippen molar-refractivity contribution in [3.8, 4) is 11.3 Å². The van der Waals surface area contributed by atoms with Gasteiger partial charge in [-0.3, -0.25) is 0 Å². The van der Waals surface area contributed by atoms with Gasteiger partial charge in [0.1, 0.15) is 0 Å². The number of benzene rings is 3. The van der Waals surface area contributed by atoms with Gasteiger partial charge in [-0.15, -0.1) is 0 Å². The van der Waals surface area contributed by atoms with E-state index >= 15 is 0 Å². The van der Waals surface area contributed by atoms with E-state index in [1.807, 2.05) is 42.5 Å². The van der Waals surface area contributed by atoms with Crippen LogP contribution in [0.25, 0.3) is 32.2 Å². The average molecular weight is 466 g/mol. The molecule has 0 saturated heterocycles. The highest BCUT2D eigenvalue weighted by atomic mass is 32.1. The minimum absolute atomic E-state index is 0.0330. The summed E-state index contributed by atoms with van der Waals surface area (Å²) in [7, 11) is 1.71. The third kappa shape index (κ3) is 3.74. The lowest BCUT2D eigenvalue weighted by molar-refractivity contribution is -0.136. The van der Waals surface area contributed by atoms with E-state index < -0.39 is 11.7 Å². The number of alkyl halides is 3. The first kappa shape index (κ1) is 21.1. The van der Waals surface area contributed by atoms with Gasteiger partial charge in [0.15, 0.2) is 5.82 Å². The standard InChI is InChI=1S/C24H18F3N5S/c1-13-12-16(24(25,26)27)19-21(33-32-22(19)29-14-8-4-3-5-9-14)18(13)20-15-10-6-7-11-17(15)30-23(28-2)31-20/h3-12H,1-2H3,(H,29,32)(H,28,30,31). The largest absolute Gasteiger partial charge is 0.417 e. The second kappa shape index (κ2) is 8.00. The van der Waals surface area contributed by atoms with Crippen LogP contribution in [0.15, 0.2) is 60.7 Å². The van der Waals surface area contributed by atoms with E-state index in [0.29, 0.717) is 38.7 Å². The van der Waals surface area contributed by atoms with Gasteiger partial charge in [-0.1, -0.05) is 36.4 Å². The maximum Gasteiger partial charge on any atom is 0.417 e. The van der Waals surface area contributed by atoms with Crippen LogP contribution in [0.5, 0.6) is 0 Å². The summed E-state index contributed by atoms with van der Waals surface area (Å²) in [5.74, 6) is 0.560. The number of anilines is 3. The molecule has 9 heteroatoms. The van der Waals surface area contributed by atoms with Crippen molar-refractivity contribution >= 4 is 50.0 Å². The van der Waals surface area contributed by atoms with Crippen molar-refractivity contribution in [2.45, 2.75) is 13.1 Å². The Morgan fingerprint density at radius 2 is 1.67 bits per heavy atom. The third-order valence-electron chi connectivity index (χ3n) is 5.35. The fourth-order valence-electron chi connectivity index (χ4n) is 3.89. The molecule has 2 heterocycles. The Labute approximate surface area is 191 Å². The Bertz CT molecular complexity index is 1480. The lowest BCUT2D eigenvalue weighted by Crippen LogP contribution is -2.08. The highest BCUT2D eigenvalue weighted by Crippen LogP contribution is 2.46. The number of rotatable bonds is 4. The minimum atomic E-state index is -4.54. The fourth-order valence-corrected chi connectivity index (χ4v) is 4.86. The number of aryl methyl sites for hydroxylation is 1. The van der Waals surface area contributed by atoms with Crippen LogP contribution in [0.2, 0.25) is 0 Å². The molecule has 2 aromatic heterocycles. The quantitative estimate of drug-likeness (QED) is 0.299. The lowest BCUT2D eigenvalue weighted by atomic mass is 9.96. The predicted octanol–water partition coefficient (Wildman–Crippen LogP) is 7.02. The lowest BCUT2D eigenvalue weighted by Gasteiger charge is -2.16. The van der Waals surface area contributed by atoms with Gasteiger partial charge in [0.25, 0.3) is 0 Å². The van der Waals surface area contributed by atoms with E-state index in [2.05, 4.69) is 25.0 Å². The number of fused-ring (bicyclic) bond motifs is 2. The Hall–Kier alpha value is -3.72. The molecule has 0 spiro atoms. The van der Waals surface area contributed by atoms with Gasteiger partial charge in [0, 0.05) is 29.1 Å². The summed E-state index contributed by atoms with van der Waals surface area (Å²) in [4.78, 5) is 9.12. The van der Waals surface area contributed by atoms with Crippen molar-refractivity contribution in [1.29, 1.82) is 0 Å². The first-order chi connectivity index (χ1) is 15.9. The van der Waals surface area contributed by atoms with Crippen molar-refractivity contribution < 1.29 is 13.2 Å². The number of para-hydroxylation sites is 2. The molecule has 0 aliphatic carbocycles. The van der Waals surface area contributed by atoms with Crippen LogP contribution in [0, 0.1) is 6.92 Å². The molecule has 5 nitrogen and oxygen atoms in total. The van der Waals surface area contributed by atoms with E-state index in [-0.39, 0.29) is 11.2 Å². The highest BCUT2D eigenvalue weighted by Gasteiger charge is 2.36. The summed E-state index contributed by atoms with van der Waals surface area (Å²) in [5, 5.41) is 6.78. The normalized spacial score (nSPS) is 11.8. The van der Waals surface area contributed by atoms with Crippen LogP contribution in [-0.2, 0) is 6.18 Å². The fraction of sp³-hybridized carbons (Fsp3) is 0.125. The molecule has 0 saturated carbocycles. The summed E-state index contributed by atoms with van der Waals surface area (Å²) in [5.41, 5.74) is 2.29. The van der Waals surface area contributed by atoms with Crippen LogP contribution < -0.4 is 10.6 Å². The van der Waals surface area contributed by atoms with Crippen molar-refractivity contribution in [2.24, 2.45) is 0 Å². The molecular weight excluding hydrogens is 447 g/mol. The summed E-state index contributed by atoms with van der Waals surface area (Å²) in [6.07, 6.45) is -4.54. The molecular formula is C24H18F3N5S. The number of nitrogens with one attached hydrogen (secondary N) is 2. The van der Waals surface area contributed by atoms with Gasteiger partial charge in [0.2, 0.25) is 5.95 Å². The number of aromatic nitrogens is 3. The first-order valence-electron chi connectivity index (χ1n) is 10.1. The molecule has 166 valence electrons. The molecule has 3 aromatic carbocycles. The summed E-state index contributed by atoms with van der Waals surface area (Å²) < 4.78 is 47.1. The SMILES string of the molecule is CNc1nc(-c2c(C)cc(C(F)(F)F)c3c(Nc4ccccc4)nsc23)c2ccccc2n1. The second-order valence-electron chi connectivity index (χ2n) is 7.50. The Balaban J connectivity index is 1.84. The Morgan fingerprint density at radius 1 is 0.939 bits per heavy atom. The third-order valence-corrected chi connectivity index (χ3v) is 6.21. The molecule has 33 heavy (non-hydrogen) atoms. The van der Waals surface area contributed by atoms with Gasteiger partial charge in [-0.2, -0.15) is 17.5 Å². The van der Waals surface area contributed by atoms with Crippen molar-refractivity contribution in [3.05, 3.63) is 71.8 Å².